The third-order valence-corrected chi connectivity index (χ3v) is 8.12. The van der Waals surface area contributed by atoms with Gasteiger partial charge in [0, 0.05) is 12.6 Å². The molecule has 0 radical (unpaired) electrons. The highest BCUT2D eigenvalue weighted by molar-refractivity contribution is 7.96. The molecule has 1 saturated heterocycles. The average Bonchev–Trinajstić information content (AvgIpc) is 2.83. The first-order valence-corrected chi connectivity index (χ1v) is 11.4. The summed E-state index contributed by atoms with van der Waals surface area (Å²) in [7, 11) is -7.05. The van der Waals surface area contributed by atoms with Crippen LogP contribution in [0, 0.1) is 0 Å². The van der Waals surface area contributed by atoms with Crippen LogP contribution in [0.2, 0.25) is 0 Å². The van der Waals surface area contributed by atoms with E-state index in [1.807, 2.05) is 13.8 Å². The Labute approximate surface area is 144 Å². The quantitative estimate of drug-likeness (QED) is 0.683. The number of nitrogens with one attached hydrogen (secondary N) is 1. The summed E-state index contributed by atoms with van der Waals surface area (Å²) >= 11 is 0. The van der Waals surface area contributed by atoms with E-state index in [2.05, 4.69) is 5.32 Å². The monoisotopic (exact) mass is 375 g/mol. The van der Waals surface area contributed by atoms with Crippen molar-refractivity contribution >= 4 is 19.7 Å². The Hall–Kier alpha value is -0.960. The second-order valence-electron chi connectivity index (χ2n) is 6.31. The molecule has 2 rings (SSSR count). The van der Waals surface area contributed by atoms with E-state index < -0.39 is 31.0 Å². The van der Waals surface area contributed by atoms with E-state index in [1.54, 1.807) is 18.2 Å². The van der Waals surface area contributed by atoms with Crippen molar-refractivity contribution < 1.29 is 21.6 Å². The number of rotatable bonds is 8. The third kappa shape index (κ3) is 5.02. The van der Waals surface area contributed by atoms with Gasteiger partial charge < -0.3 is 10.1 Å². The lowest BCUT2D eigenvalue weighted by Crippen LogP contribution is -2.43. The molecule has 2 unspecified atom stereocenters. The highest BCUT2D eigenvalue weighted by atomic mass is 32.2. The van der Waals surface area contributed by atoms with E-state index in [0.29, 0.717) is 19.6 Å². The predicted octanol–water partition coefficient (Wildman–Crippen LogP) is 1.03. The van der Waals surface area contributed by atoms with Gasteiger partial charge in [-0.05, 0) is 38.9 Å². The molecule has 24 heavy (non-hydrogen) atoms. The van der Waals surface area contributed by atoms with Gasteiger partial charge in [0.2, 0.25) is 0 Å². The molecule has 0 aliphatic carbocycles. The molecule has 1 aliphatic rings. The summed E-state index contributed by atoms with van der Waals surface area (Å²) in [6, 6.07) is 7.44. The van der Waals surface area contributed by atoms with Crippen LogP contribution in [0.5, 0.6) is 0 Å². The van der Waals surface area contributed by atoms with Crippen LogP contribution in [0.25, 0.3) is 0 Å². The van der Waals surface area contributed by atoms with E-state index in [-0.39, 0.29) is 22.5 Å². The van der Waals surface area contributed by atoms with Gasteiger partial charge in [0.05, 0.1) is 27.8 Å². The highest BCUT2D eigenvalue weighted by Gasteiger charge is 2.45. The van der Waals surface area contributed by atoms with E-state index in [4.69, 9.17) is 4.74 Å². The van der Waals surface area contributed by atoms with Crippen LogP contribution in [0.3, 0.4) is 0 Å². The molecule has 1 aliphatic heterocycles. The minimum atomic E-state index is -3.69. The smallest absolute Gasteiger partial charge is 0.183 e. The molecule has 1 heterocycles. The van der Waals surface area contributed by atoms with Crippen LogP contribution in [-0.4, -0.2) is 58.9 Å². The Morgan fingerprint density at radius 1 is 1.21 bits per heavy atom. The van der Waals surface area contributed by atoms with Crippen molar-refractivity contribution in [2.24, 2.45) is 0 Å². The van der Waals surface area contributed by atoms with Crippen LogP contribution in [0.4, 0.5) is 0 Å². The van der Waals surface area contributed by atoms with Gasteiger partial charge in [0.1, 0.15) is 0 Å². The second kappa shape index (κ2) is 7.95. The fourth-order valence-corrected chi connectivity index (χ4v) is 7.51. The summed E-state index contributed by atoms with van der Waals surface area (Å²) in [6.45, 7) is 4.97. The van der Waals surface area contributed by atoms with Crippen molar-refractivity contribution in [2.45, 2.75) is 42.6 Å². The second-order valence-corrected chi connectivity index (χ2v) is 10.6. The summed E-state index contributed by atoms with van der Waals surface area (Å²) in [5, 5.41) is 2.15. The highest BCUT2D eigenvalue weighted by Crippen LogP contribution is 2.25. The van der Waals surface area contributed by atoms with E-state index in [9.17, 15) is 16.8 Å². The Morgan fingerprint density at radius 3 is 2.50 bits per heavy atom. The zero-order valence-electron chi connectivity index (χ0n) is 14.0. The van der Waals surface area contributed by atoms with Gasteiger partial charge in [0.25, 0.3) is 0 Å². The van der Waals surface area contributed by atoms with Gasteiger partial charge in [0.15, 0.2) is 19.7 Å². The number of hydrogen-bond acceptors (Lipinski definition) is 6. The lowest BCUT2D eigenvalue weighted by atomic mass is 10.2. The molecule has 1 fully saturated rings. The third-order valence-electron chi connectivity index (χ3n) is 3.95. The van der Waals surface area contributed by atoms with Crippen molar-refractivity contribution in [3.63, 3.8) is 0 Å². The number of sulfone groups is 2. The molecule has 6 nitrogen and oxygen atoms in total. The first-order valence-electron chi connectivity index (χ1n) is 8.07. The molecule has 1 aromatic rings. The Kier molecular flexibility index (Phi) is 6.41. The molecule has 0 spiro atoms. The SMILES string of the molecule is CC(C)OCCCNC1CS(=O)(=O)CC1S(=O)(=O)c1ccccc1. The molecular formula is C16H25NO5S2. The molecule has 0 bridgehead atoms. The maximum absolute atomic E-state index is 12.8. The molecule has 1 aromatic carbocycles. The zero-order chi connectivity index (χ0) is 17.8. The molecule has 136 valence electrons. The van der Waals surface area contributed by atoms with Crippen molar-refractivity contribution in [3.8, 4) is 0 Å². The average molecular weight is 376 g/mol. The summed E-state index contributed by atoms with van der Waals surface area (Å²) in [4.78, 5) is 0.169. The molecule has 1 N–H and O–H groups in total. The fourth-order valence-electron chi connectivity index (χ4n) is 2.78. The summed E-state index contributed by atoms with van der Waals surface area (Å²) in [6.07, 6.45) is 0.843. The minimum absolute atomic E-state index is 0.142. The lowest BCUT2D eigenvalue weighted by molar-refractivity contribution is 0.0768. The zero-order valence-corrected chi connectivity index (χ0v) is 15.6. The van der Waals surface area contributed by atoms with Gasteiger partial charge in [-0.15, -0.1) is 0 Å². The first kappa shape index (κ1) is 19.4. The van der Waals surface area contributed by atoms with Crippen molar-refractivity contribution in [1.29, 1.82) is 0 Å². The Bertz CT molecular complexity index is 729. The normalized spacial score (nSPS) is 23.6. The maximum atomic E-state index is 12.8. The summed E-state index contributed by atoms with van der Waals surface area (Å²) < 4.78 is 55.0. The Morgan fingerprint density at radius 2 is 1.88 bits per heavy atom. The molecule has 2 atom stereocenters. The van der Waals surface area contributed by atoms with E-state index in [0.717, 1.165) is 0 Å². The molecule has 0 amide bonds. The van der Waals surface area contributed by atoms with Crippen LogP contribution in [0.1, 0.15) is 20.3 Å². The van der Waals surface area contributed by atoms with Gasteiger partial charge in [-0.1, -0.05) is 18.2 Å². The molecule has 0 saturated carbocycles. The largest absolute Gasteiger partial charge is 0.379 e. The summed E-state index contributed by atoms with van der Waals surface area (Å²) in [5.41, 5.74) is 0. The van der Waals surface area contributed by atoms with Crippen LogP contribution in [0.15, 0.2) is 35.2 Å². The van der Waals surface area contributed by atoms with Gasteiger partial charge in [-0.3, -0.25) is 0 Å². The fraction of sp³-hybridized carbons (Fsp3) is 0.625. The van der Waals surface area contributed by atoms with Gasteiger partial charge in [-0.2, -0.15) is 0 Å². The van der Waals surface area contributed by atoms with E-state index in [1.165, 1.54) is 12.1 Å². The molecule has 0 aromatic heterocycles. The lowest BCUT2D eigenvalue weighted by Gasteiger charge is -2.20. The molecule has 8 heteroatoms. The number of benzene rings is 1. The topological polar surface area (TPSA) is 89.5 Å². The number of hydrogen-bond donors (Lipinski definition) is 1. The van der Waals surface area contributed by atoms with Crippen molar-refractivity contribution in [2.75, 3.05) is 24.7 Å². The first-order chi connectivity index (χ1) is 11.2. The van der Waals surface area contributed by atoms with Crippen LogP contribution in [-0.2, 0) is 24.4 Å². The standard InChI is InChI=1S/C16H25NO5S2/c1-13(2)22-10-6-9-17-15-11-23(18,19)12-16(15)24(20,21)14-7-4-3-5-8-14/h3-5,7-8,13,15-17H,6,9-12H2,1-2H3. The predicted molar refractivity (Wildman–Crippen MR) is 93.6 cm³/mol. The van der Waals surface area contributed by atoms with Gasteiger partial charge in [-0.25, -0.2) is 16.8 Å². The minimum Gasteiger partial charge on any atom is -0.379 e. The number of ether oxygens (including phenoxy) is 1. The van der Waals surface area contributed by atoms with Gasteiger partial charge >= 0.3 is 0 Å². The van der Waals surface area contributed by atoms with E-state index >= 15 is 0 Å². The van der Waals surface area contributed by atoms with Crippen molar-refractivity contribution in [1.82, 2.24) is 5.32 Å². The Balaban J connectivity index is 2.06. The van der Waals surface area contributed by atoms with Crippen LogP contribution >= 0.6 is 0 Å². The summed E-state index contributed by atoms with van der Waals surface area (Å²) in [5.74, 6) is -0.473. The maximum Gasteiger partial charge on any atom is 0.183 e. The van der Waals surface area contributed by atoms with Crippen LogP contribution < -0.4 is 5.32 Å². The van der Waals surface area contributed by atoms with Crippen molar-refractivity contribution in [3.05, 3.63) is 30.3 Å². The molecular weight excluding hydrogens is 350 g/mol.